The molecule has 0 aliphatic carbocycles. The van der Waals surface area contributed by atoms with Gasteiger partial charge in [0.25, 0.3) is 11.8 Å². The Labute approximate surface area is 141 Å². The normalized spacial score (nSPS) is 13.8. The molecule has 1 N–H and O–H groups in total. The molecule has 1 aromatic carbocycles. The summed E-state index contributed by atoms with van der Waals surface area (Å²) in [7, 11) is 0. The van der Waals surface area contributed by atoms with Crippen molar-refractivity contribution in [2.24, 2.45) is 0 Å². The number of benzene rings is 1. The van der Waals surface area contributed by atoms with Crippen molar-refractivity contribution in [3.05, 3.63) is 58.9 Å². The van der Waals surface area contributed by atoms with E-state index in [1.54, 1.807) is 24.4 Å². The zero-order valence-corrected chi connectivity index (χ0v) is 14.0. The van der Waals surface area contributed by atoms with Crippen LogP contribution in [0.4, 0.5) is 5.69 Å². The highest BCUT2D eigenvalue weighted by Crippen LogP contribution is 2.22. The number of nitrogens with zero attached hydrogens (tertiary/aromatic N) is 2. The summed E-state index contributed by atoms with van der Waals surface area (Å²) >= 11 is 0. The van der Waals surface area contributed by atoms with E-state index in [0.29, 0.717) is 16.8 Å². The first-order valence-electron chi connectivity index (χ1n) is 8.19. The van der Waals surface area contributed by atoms with Crippen molar-refractivity contribution >= 4 is 17.5 Å². The largest absolute Gasteiger partial charge is 0.339 e. The van der Waals surface area contributed by atoms with Crippen molar-refractivity contribution in [1.82, 2.24) is 9.88 Å². The van der Waals surface area contributed by atoms with E-state index >= 15 is 0 Å². The van der Waals surface area contributed by atoms with E-state index in [1.807, 2.05) is 30.9 Å². The summed E-state index contributed by atoms with van der Waals surface area (Å²) in [5.74, 6) is -0.186. The van der Waals surface area contributed by atoms with Gasteiger partial charge in [-0.05, 0) is 56.5 Å². The van der Waals surface area contributed by atoms with Crippen molar-refractivity contribution in [2.45, 2.75) is 26.7 Å². The molecule has 124 valence electrons. The minimum absolute atomic E-state index is 0.0399. The minimum atomic E-state index is -0.226. The lowest BCUT2D eigenvalue weighted by Crippen LogP contribution is -2.28. The van der Waals surface area contributed by atoms with Crippen molar-refractivity contribution < 1.29 is 9.59 Å². The number of rotatable bonds is 3. The third-order valence-corrected chi connectivity index (χ3v) is 4.38. The van der Waals surface area contributed by atoms with Gasteiger partial charge in [-0.2, -0.15) is 0 Å². The average Bonchev–Trinajstić information content (AvgIpc) is 3.11. The summed E-state index contributed by atoms with van der Waals surface area (Å²) in [6, 6.07) is 8.98. The van der Waals surface area contributed by atoms with Gasteiger partial charge < -0.3 is 10.2 Å². The minimum Gasteiger partial charge on any atom is -0.339 e. The van der Waals surface area contributed by atoms with Gasteiger partial charge >= 0.3 is 0 Å². The number of pyridine rings is 1. The van der Waals surface area contributed by atoms with Crippen LogP contribution in [0.3, 0.4) is 0 Å². The van der Waals surface area contributed by atoms with Gasteiger partial charge in [-0.25, -0.2) is 0 Å². The SMILES string of the molecule is Cc1ccc(C(=O)Nc2cccc(C(=O)N3CCCC3)c2C)cn1. The molecule has 1 aromatic heterocycles. The Hall–Kier alpha value is -2.69. The van der Waals surface area contributed by atoms with Gasteiger partial charge in [0.1, 0.15) is 0 Å². The lowest BCUT2D eigenvalue weighted by molar-refractivity contribution is 0.0791. The number of anilines is 1. The highest BCUT2D eigenvalue weighted by molar-refractivity contribution is 6.05. The first-order chi connectivity index (χ1) is 11.6. The van der Waals surface area contributed by atoms with Crippen LogP contribution < -0.4 is 5.32 Å². The van der Waals surface area contributed by atoms with Gasteiger partial charge in [0.2, 0.25) is 0 Å². The third-order valence-electron chi connectivity index (χ3n) is 4.38. The molecule has 0 unspecified atom stereocenters. The smallest absolute Gasteiger partial charge is 0.257 e. The molecule has 0 bridgehead atoms. The summed E-state index contributed by atoms with van der Waals surface area (Å²) in [4.78, 5) is 31.0. The summed E-state index contributed by atoms with van der Waals surface area (Å²) in [5.41, 5.74) is 3.46. The van der Waals surface area contributed by atoms with Crippen LogP contribution in [0.25, 0.3) is 0 Å². The van der Waals surface area contributed by atoms with E-state index in [4.69, 9.17) is 0 Å². The van der Waals surface area contributed by atoms with Crippen LogP contribution in [0.1, 0.15) is 44.8 Å². The van der Waals surface area contributed by atoms with Gasteiger partial charge in [-0.1, -0.05) is 6.07 Å². The van der Waals surface area contributed by atoms with Crippen molar-refractivity contribution in [2.75, 3.05) is 18.4 Å². The Balaban J connectivity index is 1.81. The number of likely N-dealkylation sites (tertiary alicyclic amines) is 1. The van der Waals surface area contributed by atoms with Crippen LogP contribution >= 0.6 is 0 Å². The Morgan fingerprint density at radius 2 is 1.83 bits per heavy atom. The lowest BCUT2D eigenvalue weighted by atomic mass is 10.1. The van der Waals surface area contributed by atoms with Crippen molar-refractivity contribution in [3.63, 3.8) is 0 Å². The number of hydrogen-bond acceptors (Lipinski definition) is 3. The van der Waals surface area contributed by atoms with Crippen LogP contribution in [0.5, 0.6) is 0 Å². The number of nitrogens with one attached hydrogen (secondary N) is 1. The molecule has 1 saturated heterocycles. The van der Waals surface area contributed by atoms with Crippen LogP contribution in [0.2, 0.25) is 0 Å². The van der Waals surface area contributed by atoms with Gasteiger partial charge in [0, 0.05) is 36.2 Å². The Morgan fingerprint density at radius 1 is 1.08 bits per heavy atom. The van der Waals surface area contributed by atoms with Crippen LogP contribution in [-0.2, 0) is 0 Å². The molecule has 2 amide bonds. The number of carbonyl (C=O) groups excluding carboxylic acids is 2. The fraction of sp³-hybridized carbons (Fsp3) is 0.316. The summed E-state index contributed by atoms with van der Waals surface area (Å²) in [6.07, 6.45) is 3.67. The summed E-state index contributed by atoms with van der Waals surface area (Å²) < 4.78 is 0. The third kappa shape index (κ3) is 3.30. The van der Waals surface area contributed by atoms with Gasteiger partial charge in [-0.15, -0.1) is 0 Å². The summed E-state index contributed by atoms with van der Waals surface area (Å²) in [6.45, 7) is 5.36. The second-order valence-electron chi connectivity index (χ2n) is 6.12. The first kappa shape index (κ1) is 16.2. The molecular weight excluding hydrogens is 302 g/mol. The zero-order chi connectivity index (χ0) is 17.1. The molecule has 0 spiro atoms. The van der Waals surface area contributed by atoms with Crippen molar-refractivity contribution in [3.8, 4) is 0 Å². The Kier molecular flexibility index (Phi) is 4.60. The van der Waals surface area contributed by atoms with Crippen molar-refractivity contribution in [1.29, 1.82) is 0 Å². The Bertz CT molecular complexity index is 763. The highest BCUT2D eigenvalue weighted by Gasteiger charge is 2.22. The molecule has 2 aromatic rings. The molecule has 0 saturated carbocycles. The molecule has 24 heavy (non-hydrogen) atoms. The van der Waals surface area contributed by atoms with Crippen LogP contribution in [0.15, 0.2) is 36.5 Å². The maximum Gasteiger partial charge on any atom is 0.257 e. The maximum atomic E-state index is 12.6. The quantitative estimate of drug-likeness (QED) is 0.943. The van der Waals surface area contributed by atoms with E-state index in [-0.39, 0.29) is 11.8 Å². The van der Waals surface area contributed by atoms with Gasteiger partial charge in [0.05, 0.1) is 5.56 Å². The van der Waals surface area contributed by atoms with E-state index < -0.39 is 0 Å². The van der Waals surface area contributed by atoms with E-state index in [9.17, 15) is 9.59 Å². The average molecular weight is 323 g/mol. The molecule has 5 heteroatoms. The number of aryl methyl sites for hydroxylation is 1. The van der Waals surface area contributed by atoms with E-state index in [0.717, 1.165) is 37.2 Å². The Morgan fingerprint density at radius 3 is 2.50 bits per heavy atom. The topological polar surface area (TPSA) is 62.3 Å². The monoisotopic (exact) mass is 323 g/mol. The fourth-order valence-electron chi connectivity index (χ4n) is 2.89. The lowest BCUT2D eigenvalue weighted by Gasteiger charge is -2.18. The van der Waals surface area contributed by atoms with Gasteiger partial charge in [-0.3, -0.25) is 14.6 Å². The number of aromatic nitrogens is 1. The second kappa shape index (κ2) is 6.83. The van der Waals surface area contributed by atoms with E-state index in [2.05, 4.69) is 10.3 Å². The molecule has 0 radical (unpaired) electrons. The van der Waals surface area contributed by atoms with Crippen LogP contribution in [0, 0.1) is 13.8 Å². The maximum absolute atomic E-state index is 12.6. The molecule has 1 fully saturated rings. The molecule has 1 aliphatic rings. The predicted octanol–water partition coefficient (Wildman–Crippen LogP) is 3.19. The standard InChI is InChI=1S/C19H21N3O2/c1-13-8-9-15(12-20-13)18(23)21-17-7-5-6-16(14(17)2)19(24)22-10-3-4-11-22/h5-9,12H,3-4,10-11H2,1-2H3,(H,21,23). The van der Waals surface area contributed by atoms with Crippen LogP contribution in [-0.4, -0.2) is 34.8 Å². The molecule has 3 rings (SSSR count). The molecule has 5 nitrogen and oxygen atoms in total. The predicted molar refractivity (Wildman–Crippen MR) is 93.2 cm³/mol. The highest BCUT2D eigenvalue weighted by atomic mass is 16.2. The van der Waals surface area contributed by atoms with Gasteiger partial charge in [0.15, 0.2) is 0 Å². The van der Waals surface area contributed by atoms with E-state index in [1.165, 1.54) is 0 Å². The second-order valence-corrected chi connectivity index (χ2v) is 6.12. The number of amides is 2. The fourth-order valence-corrected chi connectivity index (χ4v) is 2.89. The summed E-state index contributed by atoms with van der Waals surface area (Å²) in [5, 5.41) is 2.88. The molecule has 0 atom stereocenters. The number of hydrogen-bond donors (Lipinski definition) is 1. The molecule has 2 heterocycles. The zero-order valence-electron chi connectivity index (χ0n) is 14.0. The molecular formula is C19H21N3O2. The molecule has 1 aliphatic heterocycles. The first-order valence-corrected chi connectivity index (χ1v) is 8.19. The number of carbonyl (C=O) groups is 2.